The molecule has 1 aromatic rings. The predicted molar refractivity (Wildman–Crippen MR) is 61.9 cm³/mol. The Morgan fingerprint density at radius 3 is 3.07 bits per heavy atom. The Hall–Kier alpha value is -0.580. The third-order valence-electron chi connectivity index (χ3n) is 2.51. The largest absolute Gasteiger partial charge is 0.492 e. The Bertz CT molecular complexity index is 368. The number of hydrogen-bond donors (Lipinski definition) is 1. The first-order valence-corrected chi connectivity index (χ1v) is 5.73. The van der Waals surface area contributed by atoms with E-state index in [-0.39, 0.29) is 6.04 Å². The van der Waals surface area contributed by atoms with Crippen molar-refractivity contribution >= 4 is 15.9 Å². The summed E-state index contributed by atoms with van der Waals surface area (Å²) in [6.45, 7) is 2.79. The molecule has 1 aromatic carbocycles. The van der Waals surface area contributed by atoms with E-state index in [0.717, 1.165) is 28.8 Å². The lowest BCUT2D eigenvalue weighted by Crippen LogP contribution is -2.26. The van der Waals surface area contributed by atoms with Gasteiger partial charge in [-0.3, -0.25) is 0 Å². The molecule has 4 heteroatoms. The molecule has 0 amide bonds. The normalized spacial score (nSPS) is 19.5. The van der Waals surface area contributed by atoms with Crippen molar-refractivity contribution in [1.82, 2.24) is 5.48 Å². The van der Waals surface area contributed by atoms with Crippen molar-refractivity contribution in [3.05, 3.63) is 27.7 Å². The SMILES string of the molecule is CONC1CCOc2c(Br)cc(C)cc21. The summed E-state index contributed by atoms with van der Waals surface area (Å²) in [6, 6.07) is 4.42. The van der Waals surface area contributed by atoms with Crippen LogP contribution in [0.4, 0.5) is 0 Å². The highest BCUT2D eigenvalue weighted by Crippen LogP contribution is 2.38. The van der Waals surface area contributed by atoms with Gasteiger partial charge in [0.15, 0.2) is 0 Å². The molecule has 1 aliphatic rings. The Labute approximate surface area is 97.8 Å². The molecule has 0 radical (unpaired) electrons. The summed E-state index contributed by atoms with van der Waals surface area (Å²) in [6.07, 6.45) is 0.927. The summed E-state index contributed by atoms with van der Waals surface area (Å²) < 4.78 is 6.66. The van der Waals surface area contributed by atoms with E-state index >= 15 is 0 Å². The third-order valence-corrected chi connectivity index (χ3v) is 3.09. The van der Waals surface area contributed by atoms with Crippen molar-refractivity contribution < 1.29 is 9.57 Å². The average Bonchev–Trinajstić information content (AvgIpc) is 2.19. The van der Waals surface area contributed by atoms with E-state index in [1.165, 1.54) is 5.56 Å². The Balaban J connectivity index is 2.41. The monoisotopic (exact) mass is 271 g/mol. The van der Waals surface area contributed by atoms with Crippen LogP contribution in [-0.4, -0.2) is 13.7 Å². The van der Waals surface area contributed by atoms with Gasteiger partial charge >= 0.3 is 0 Å². The first kappa shape index (κ1) is 10.9. The molecule has 1 aliphatic heterocycles. The van der Waals surface area contributed by atoms with E-state index in [2.05, 4.69) is 40.5 Å². The van der Waals surface area contributed by atoms with Crippen molar-refractivity contribution in [2.45, 2.75) is 19.4 Å². The molecule has 0 aliphatic carbocycles. The molecule has 2 rings (SSSR count). The van der Waals surface area contributed by atoms with Crippen molar-refractivity contribution in [3.63, 3.8) is 0 Å². The fourth-order valence-electron chi connectivity index (χ4n) is 1.87. The molecule has 1 N–H and O–H groups in total. The van der Waals surface area contributed by atoms with Gasteiger partial charge in [0.1, 0.15) is 5.75 Å². The zero-order valence-electron chi connectivity index (χ0n) is 8.84. The van der Waals surface area contributed by atoms with E-state index in [1.807, 2.05) is 0 Å². The van der Waals surface area contributed by atoms with E-state index < -0.39 is 0 Å². The number of nitrogens with one attached hydrogen (secondary N) is 1. The van der Waals surface area contributed by atoms with Crippen molar-refractivity contribution in [1.29, 1.82) is 0 Å². The summed E-state index contributed by atoms with van der Waals surface area (Å²) in [7, 11) is 1.64. The summed E-state index contributed by atoms with van der Waals surface area (Å²) in [5.74, 6) is 0.932. The molecule has 1 unspecified atom stereocenters. The first-order chi connectivity index (χ1) is 7.22. The van der Waals surface area contributed by atoms with Crippen LogP contribution in [0.5, 0.6) is 5.75 Å². The highest BCUT2D eigenvalue weighted by Gasteiger charge is 2.23. The van der Waals surface area contributed by atoms with Crippen molar-refractivity contribution in [2.24, 2.45) is 0 Å². The number of hydroxylamine groups is 1. The zero-order chi connectivity index (χ0) is 10.8. The highest BCUT2D eigenvalue weighted by atomic mass is 79.9. The third kappa shape index (κ3) is 2.17. The minimum absolute atomic E-state index is 0.218. The van der Waals surface area contributed by atoms with E-state index in [4.69, 9.17) is 9.57 Å². The van der Waals surface area contributed by atoms with Gasteiger partial charge in [-0.15, -0.1) is 0 Å². The lowest BCUT2D eigenvalue weighted by Gasteiger charge is -2.27. The van der Waals surface area contributed by atoms with Crippen LogP contribution in [-0.2, 0) is 4.84 Å². The average molecular weight is 272 g/mol. The molecule has 1 atom stereocenters. The molecule has 3 nitrogen and oxygen atoms in total. The summed E-state index contributed by atoms with van der Waals surface area (Å²) in [5, 5.41) is 0. The quantitative estimate of drug-likeness (QED) is 0.840. The fourth-order valence-corrected chi connectivity index (χ4v) is 2.57. The topological polar surface area (TPSA) is 30.5 Å². The number of halogens is 1. The highest BCUT2D eigenvalue weighted by molar-refractivity contribution is 9.10. The van der Waals surface area contributed by atoms with Gasteiger partial charge in [0.25, 0.3) is 0 Å². The van der Waals surface area contributed by atoms with Gasteiger partial charge < -0.3 is 9.57 Å². The maximum Gasteiger partial charge on any atom is 0.138 e. The molecular weight excluding hydrogens is 258 g/mol. The van der Waals surface area contributed by atoms with Crippen LogP contribution in [0.2, 0.25) is 0 Å². The summed E-state index contributed by atoms with van der Waals surface area (Å²) in [5.41, 5.74) is 5.37. The number of rotatable bonds is 2. The van der Waals surface area contributed by atoms with Gasteiger partial charge in [0.2, 0.25) is 0 Å². The van der Waals surface area contributed by atoms with Gasteiger partial charge in [0.05, 0.1) is 24.2 Å². The van der Waals surface area contributed by atoms with E-state index in [1.54, 1.807) is 7.11 Å². The number of ether oxygens (including phenoxy) is 1. The standard InChI is InChI=1S/C11H14BrNO2/c1-7-5-8-10(13-14-2)3-4-15-11(8)9(12)6-7/h5-6,10,13H,3-4H2,1-2H3. The lowest BCUT2D eigenvalue weighted by atomic mass is 9.99. The molecule has 1 heterocycles. The second kappa shape index (κ2) is 4.51. The molecule has 0 saturated heterocycles. The fraction of sp³-hybridized carbons (Fsp3) is 0.455. The van der Waals surface area contributed by atoms with Gasteiger partial charge in [-0.05, 0) is 34.5 Å². The summed E-state index contributed by atoms with van der Waals surface area (Å²) >= 11 is 3.52. The van der Waals surface area contributed by atoms with E-state index in [9.17, 15) is 0 Å². The molecule has 0 aromatic heterocycles. The maximum absolute atomic E-state index is 5.64. The lowest BCUT2D eigenvalue weighted by molar-refractivity contribution is 0.0461. The summed E-state index contributed by atoms with van der Waals surface area (Å²) in [4.78, 5) is 5.00. The Kier molecular flexibility index (Phi) is 3.29. The first-order valence-electron chi connectivity index (χ1n) is 4.93. The van der Waals surface area contributed by atoms with Crippen LogP contribution in [0.3, 0.4) is 0 Å². The molecule has 0 bridgehead atoms. The van der Waals surface area contributed by atoms with Crippen LogP contribution < -0.4 is 10.2 Å². The zero-order valence-corrected chi connectivity index (χ0v) is 10.4. The number of fused-ring (bicyclic) bond motifs is 1. The molecule has 0 saturated carbocycles. The molecule has 0 fully saturated rings. The maximum atomic E-state index is 5.64. The second-order valence-corrected chi connectivity index (χ2v) is 4.53. The molecular formula is C11H14BrNO2. The van der Waals surface area contributed by atoms with Crippen LogP contribution in [0.25, 0.3) is 0 Å². The molecule has 82 valence electrons. The molecule has 0 spiro atoms. The van der Waals surface area contributed by atoms with Crippen LogP contribution in [0.15, 0.2) is 16.6 Å². The van der Waals surface area contributed by atoms with Crippen molar-refractivity contribution in [2.75, 3.05) is 13.7 Å². The van der Waals surface area contributed by atoms with E-state index in [0.29, 0.717) is 0 Å². The van der Waals surface area contributed by atoms with Crippen LogP contribution in [0, 0.1) is 6.92 Å². The Morgan fingerprint density at radius 2 is 2.33 bits per heavy atom. The Morgan fingerprint density at radius 1 is 1.53 bits per heavy atom. The number of aryl methyl sites for hydroxylation is 1. The smallest absolute Gasteiger partial charge is 0.138 e. The van der Waals surface area contributed by atoms with Gasteiger partial charge in [0, 0.05) is 12.0 Å². The van der Waals surface area contributed by atoms with Crippen LogP contribution in [0.1, 0.15) is 23.6 Å². The number of benzene rings is 1. The van der Waals surface area contributed by atoms with Crippen molar-refractivity contribution in [3.8, 4) is 5.75 Å². The predicted octanol–water partition coefficient (Wildman–Crippen LogP) is 2.73. The minimum atomic E-state index is 0.218. The van der Waals surface area contributed by atoms with Gasteiger partial charge in [-0.25, -0.2) is 0 Å². The van der Waals surface area contributed by atoms with Gasteiger partial charge in [-0.2, -0.15) is 5.48 Å². The second-order valence-electron chi connectivity index (χ2n) is 3.68. The molecule has 15 heavy (non-hydrogen) atoms. The minimum Gasteiger partial charge on any atom is -0.492 e. The number of hydrogen-bond acceptors (Lipinski definition) is 3. The van der Waals surface area contributed by atoms with Crippen LogP contribution >= 0.6 is 15.9 Å². The van der Waals surface area contributed by atoms with Gasteiger partial charge in [-0.1, -0.05) is 6.07 Å².